The molecule has 0 saturated heterocycles. The van der Waals surface area contributed by atoms with Gasteiger partial charge in [-0.15, -0.1) is 0 Å². The van der Waals surface area contributed by atoms with Gasteiger partial charge in [0.2, 0.25) is 0 Å². The zero-order chi connectivity index (χ0) is 7.56. The molecule has 0 N–H and O–H groups in total. The Morgan fingerprint density at radius 1 is 1.50 bits per heavy atom. The summed E-state index contributed by atoms with van der Waals surface area (Å²) in [7, 11) is 5.60. The molecule has 3 unspecified atom stereocenters. The lowest BCUT2D eigenvalue weighted by Crippen LogP contribution is -2.06. The number of hydrogen-bond donors (Lipinski definition) is 0. The molecule has 10 heavy (non-hydrogen) atoms. The molecule has 1 rings (SSSR count). The average Bonchev–Trinajstić information content (AvgIpc) is 2.34. The maximum atomic E-state index is 5.60. The predicted octanol–water partition coefficient (Wildman–Crippen LogP) is 2.65. The van der Waals surface area contributed by atoms with E-state index in [1.165, 1.54) is 19.3 Å². The molecule has 0 aromatic heterocycles. The van der Waals surface area contributed by atoms with Gasteiger partial charge in [-0.2, -0.15) is 0 Å². The van der Waals surface area contributed by atoms with E-state index in [-0.39, 0.29) is 0 Å². The first-order chi connectivity index (χ1) is 4.74. The van der Waals surface area contributed by atoms with Gasteiger partial charge in [-0.05, 0) is 30.6 Å². The van der Waals surface area contributed by atoms with Gasteiger partial charge in [-0.25, -0.2) is 0 Å². The van der Waals surface area contributed by atoms with Crippen molar-refractivity contribution in [2.45, 2.75) is 39.4 Å². The highest BCUT2D eigenvalue weighted by Crippen LogP contribution is 2.36. The maximum absolute atomic E-state index is 5.60. The molecule has 0 heterocycles. The van der Waals surface area contributed by atoms with Crippen LogP contribution >= 0.6 is 0 Å². The third-order valence-electron chi connectivity index (χ3n) is 2.91. The van der Waals surface area contributed by atoms with E-state index in [0.717, 1.165) is 24.1 Å². The summed E-state index contributed by atoms with van der Waals surface area (Å²) in [6.45, 7) is 4.63. The van der Waals surface area contributed by atoms with Crippen LogP contribution in [0.2, 0.25) is 6.32 Å². The lowest BCUT2D eigenvalue weighted by Gasteiger charge is -2.16. The minimum absolute atomic E-state index is 0.755. The van der Waals surface area contributed by atoms with Crippen LogP contribution in [0, 0.1) is 17.8 Å². The molecule has 0 amide bonds. The standard InChI is InChI=1S/C9H17B/c1-7-3-4-9(5-7)8(2)6-10/h7-9H,3-6H2,1-2H3. The van der Waals surface area contributed by atoms with Crippen molar-refractivity contribution in [2.24, 2.45) is 17.8 Å². The molecule has 0 bridgehead atoms. The molecule has 1 aliphatic rings. The molecule has 0 aliphatic heterocycles. The van der Waals surface area contributed by atoms with Gasteiger partial charge < -0.3 is 0 Å². The lowest BCUT2D eigenvalue weighted by molar-refractivity contribution is 0.384. The van der Waals surface area contributed by atoms with Crippen LogP contribution in [0.5, 0.6) is 0 Å². The molecular weight excluding hydrogens is 119 g/mol. The van der Waals surface area contributed by atoms with Crippen molar-refractivity contribution in [3.63, 3.8) is 0 Å². The zero-order valence-corrected chi connectivity index (χ0v) is 7.14. The van der Waals surface area contributed by atoms with Crippen LogP contribution in [0.25, 0.3) is 0 Å². The molecular formula is C9H17B. The SMILES string of the molecule is [B]CC(C)C1CCC(C)C1. The fourth-order valence-corrected chi connectivity index (χ4v) is 1.96. The van der Waals surface area contributed by atoms with Crippen molar-refractivity contribution < 1.29 is 0 Å². The van der Waals surface area contributed by atoms with Crippen LogP contribution in [0.4, 0.5) is 0 Å². The van der Waals surface area contributed by atoms with Crippen molar-refractivity contribution in [3.8, 4) is 0 Å². The van der Waals surface area contributed by atoms with E-state index in [0.29, 0.717) is 0 Å². The summed E-state index contributed by atoms with van der Waals surface area (Å²) in [5, 5.41) is 0. The monoisotopic (exact) mass is 136 g/mol. The molecule has 1 fully saturated rings. The molecule has 0 spiro atoms. The Hall–Kier alpha value is 0.0649. The molecule has 56 valence electrons. The normalized spacial score (nSPS) is 36.2. The minimum Gasteiger partial charge on any atom is -0.0859 e. The van der Waals surface area contributed by atoms with Crippen molar-refractivity contribution in [3.05, 3.63) is 0 Å². The molecule has 1 aliphatic carbocycles. The second kappa shape index (κ2) is 3.45. The predicted molar refractivity (Wildman–Crippen MR) is 46.2 cm³/mol. The highest BCUT2D eigenvalue weighted by atomic mass is 14.3. The summed E-state index contributed by atoms with van der Waals surface area (Å²) in [6, 6.07) is 0. The van der Waals surface area contributed by atoms with Gasteiger partial charge in [0, 0.05) is 0 Å². The van der Waals surface area contributed by atoms with Gasteiger partial charge in [0.25, 0.3) is 0 Å². The lowest BCUT2D eigenvalue weighted by atomic mass is 9.82. The van der Waals surface area contributed by atoms with Crippen molar-refractivity contribution >= 4 is 7.85 Å². The number of hydrogen-bond acceptors (Lipinski definition) is 0. The van der Waals surface area contributed by atoms with E-state index >= 15 is 0 Å². The Morgan fingerprint density at radius 3 is 2.60 bits per heavy atom. The summed E-state index contributed by atoms with van der Waals surface area (Å²) in [4.78, 5) is 0. The third-order valence-corrected chi connectivity index (χ3v) is 2.91. The van der Waals surface area contributed by atoms with Crippen LogP contribution in [-0.4, -0.2) is 7.85 Å². The highest BCUT2D eigenvalue weighted by molar-refractivity contribution is 6.08. The maximum Gasteiger partial charge on any atom is 0.0656 e. The van der Waals surface area contributed by atoms with Crippen LogP contribution in [0.3, 0.4) is 0 Å². The van der Waals surface area contributed by atoms with Gasteiger partial charge >= 0.3 is 0 Å². The third kappa shape index (κ3) is 1.77. The van der Waals surface area contributed by atoms with Gasteiger partial charge in [0.05, 0.1) is 7.85 Å². The summed E-state index contributed by atoms with van der Waals surface area (Å²) >= 11 is 0. The second-order valence-corrected chi connectivity index (χ2v) is 3.89. The van der Waals surface area contributed by atoms with Crippen molar-refractivity contribution in [1.29, 1.82) is 0 Å². The molecule has 1 heteroatoms. The highest BCUT2D eigenvalue weighted by Gasteiger charge is 2.24. The summed E-state index contributed by atoms with van der Waals surface area (Å²) in [5.41, 5.74) is 0. The summed E-state index contributed by atoms with van der Waals surface area (Å²) in [5.74, 6) is 2.64. The molecule has 1 saturated carbocycles. The number of rotatable bonds is 2. The molecule has 0 nitrogen and oxygen atoms in total. The minimum atomic E-state index is 0.755. The zero-order valence-electron chi connectivity index (χ0n) is 7.14. The first kappa shape index (κ1) is 8.16. The molecule has 3 atom stereocenters. The van der Waals surface area contributed by atoms with E-state index in [9.17, 15) is 0 Å². The van der Waals surface area contributed by atoms with Gasteiger partial charge in [0.1, 0.15) is 0 Å². The first-order valence-corrected chi connectivity index (χ1v) is 4.44. The van der Waals surface area contributed by atoms with Crippen LogP contribution in [-0.2, 0) is 0 Å². The largest absolute Gasteiger partial charge is 0.0859 e. The quantitative estimate of drug-likeness (QED) is 0.512. The fourth-order valence-electron chi connectivity index (χ4n) is 1.96. The molecule has 0 aromatic rings. The fraction of sp³-hybridized carbons (Fsp3) is 1.00. The molecule has 2 radical (unpaired) electrons. The average molecular weight is 136 g/mol. The molecule has 0 aromatic carbocycles. The Bertz CT molecular complexity index is 101. The Morgan fingerprint density at radius 2 is 2.20 bits per heavy atom. The second-order valence-electron chi connectivity index (χ2n) is 3.89. The van der Waals surface area contributed by atoms with Gasteiger partial charge in [0.15, 0.2) is 0 Å². The summed E-state index contributed by atoms with van der Waals surface area (Å²) in [6.07, 6.45) is 5.13. The van der Waals surface area contributed by atoms with Crippen molar-refractivity contribution in [2.75, 3.05) is 0 Å². The van der Waals surface area contributed by atoms with E-state index in [1.54, 1.807) is 0 Å². The van der Waals surface area contributed by atoms with Crippen LogP contribution in [0.1, 0.15) is 33.1 Å². The Labute approximate surface area is 65.8 Å². The Balaban J connectivity index is 2.29. The smallest absolute Gasteiger partial charge is 0.0656 e. The van der Waals surface area contributed by atoms with E-state index in [2.05, 4.69) is 13.8 Å². The van der Waals surface area contributed by atoms with Gasteiger partial charge in [-0.1, -0.05) is 26.6 Å². The van der Waals surface area contributed by atoms with E-state index in [4.69, 9.17) is 7.85 Å². The van der Waals surface area contributed by atoms with E-state index < -0.39 is 0 Å². The topological polar surface area (TPSA) is 0 Å². The van der Waals surface area contributed by atoms with Crippen LogP contribution in [0.15, 0.2) is 0 Å². The van der Waals surface area contributed by atoms with Crippen molar-refractivity contribution in [1.82, 2.24) is 0 Å². The first-order valence-electron chi connectivity index (χ1n) is 4.44. The van der Waals surface area contributed by atoms with Gasteiger partial charge in [-0.3, -0.25) is 0 Å². The van der Waals surface area contributed by atoms with E-state index in [1.807, 2.05) is 0 Å². The van der Waals surface area contributed by atoms with Crippen LogP contribution < -0.4 is 0 Å². The Kier molecular flexibility index (Phi) is 2.82. The summed E-state index contributed by atoms with van der Waals surface area (Å²) < 4.78 is 0.